The van der Waals surface area contributed by atoms with E-state index in [1.807, 2.05) is 18.7 Å². The Morgan fingerprint density at radius 1 is 1.30 bits per heavy atom. The fourth-order valence-electron chi connectivity index (χ4n) is 2.92. The van der Waals surface area contributed by atoms with Crippen molar-refractivity contribution in [1.82, 2.24) is 25.6 Å². The van der Waals surface area contributed by atoms with Gasteiger partial charge in [0.1, 0.15) is 5.38 Å². The van der Waals surface area contributed by atoms with Gasteiger partial charge in [-0.15, -0.1) is 11.6 Å². The summed E-state index contributed by atoms with van der Waals surface area (Å²) in [5, 5.41) is -0.687. The van der Waals surface area contributed by atoms with Crippen LogP contribution in [0.25, 0.3) is 0 Å². The minimum Gasteiger partial charge on any atom is -0.342 e. The van der Waals surface area contributed by atoms with Crippen LogP contribution < -0.4 is 10.9 Å². The summed E-state index contributed by atoms with van der Waals surface area (Å²) in [5.41, 5.74) is 5.27. The van der Waals surface area contributed by atoms with E-state index < -0.39 is 5.38 Å². The van der Waals surface area contributed by atoms with Crippen LogP contribution in [0.2, 0.25) is 0 Å². The Hall–Kier alpha value is -1.38. The topological polar surface area (TPSA) is 85.0 Å². The van der Waals surface area contributed by atoms with E-state index in [-0.39, 0.29) is 36.9 Å². The molecule has 0 bridgehead atoms. The van der Waals surface area contributed by atoms with Crippen LogP contribution in [0.4, 0.5) is 0 Å². The summed E-state index contributed by atoms with van der Waals surface area (Å²) in [6.07, 6.45) is 0. The van der Waals surface area contributed by atoms with Crippen LogP contribution in [0.1, 0.15) is 13.8 Å². The predicted octanol–water partition coefficient (Wildman–Crippen LogP) is -1.39. The number of carbonyl (C=O) groups is 3. The molecule has 2 atom stereocenters. The second-order valence-corrected chi connectivity index (χ2v) is 6.16. The van der Waals surface area contributed by atoms with Gasteiger partial charge in [-0.05, 0) is 13.8 Å². The van der Waals surface area contributed by atoms with Crippen LogP contribution in [-0.4, -0.2) is 89.7 Å². The maximum Gasteiger partial charge on any atom is 0.253 e. The summed E-state index contributed by atoms with van der Waals surface area (Å²) in [5.74, 6) is -0.424. The Balaban J connectivity index is 1.91. The highest BCUT2D eigenvalue weighted by Crippen LogP contribution is 2.16. The number of nitrogens with zero attached hydrogens (tertiary/aromatic N) is 3. The predicted molar refractivity (Wildman–Crippen MR) is 85.7 cm³/mol. The molecule has 0 radical (unpaired) electrons. The van der Waals surface area contributed by atoms with Crippen molar-refractivity contribution in [3.63, 3.8) is 0 Å². The molecule has 23 heavy (non-hydrogen) atoms. The molecule has 9 heteroatoms. The number of nitrogens with one attached hydrogen (secondary N) is 2. The van der Waals surface area contributed by atoms with Crippen LogP contribution in [-0.2, 0) is 14.4 Å². The van der Waals surface area contributed by atoms with Crippen molar-refractivity contribution in [3.8, 4) is 0 Å². The Kier molecular flexibility index (Phi) is 6.20. The second kappa shape index (κ2) is 7.94. The molecular weight excluding hydrogens is 322 g/mol. The molecule has 0 aromatic carbocycles. The number of rotatable bonds is 5. The molecule has 130 valence electrons. The molecule has 2 saturated heterocycles. The van der Waals surface area contributed by atoms with E-state index in [0.29, 0.717) is 32.7 Å². The van der Waals surface area contributed by atoms with E-state index in [0.717, 1.165) is 0 Å². The van der Waals surface area contributed by atoms with Gasteiger partial charge in [0, 0.05) is 38.8 Å². The van der Waals surface area contributed by atoms with E-state index in [1.165, 1.54) is 0 Å². The quantitative estimate of drug-likeness (QED) is 0.599. The normalized spacial score (nSPS) is 26.1. The lowest BCUT2D eigenvalue weighted by molar-refractivity contribution is -0.145. The molecule has 2 N–H and O–H groups in total. The van der Waals surface area contributed by atoms with E-state index in [1.54, 1.807) is 9.80 Å². The van der Waals surface area contributed by atoms with Gasteiger partial charge in [-0.1, -0.05) is 0 Å². The number of likely N-dealkylation sites (N-methyl/N-ethyl adjacent to an activating group) is 1. The molecule has 2 rings (SSSR count). The van der Waals surface area contributed by atoms with Gasteiger partial charge in [0.25, 0.3) is 5.91 Å². The Morgan fingerprint density at radius 3 is 2.61 bits per heavy atom. The minimum atomic E-state index is -0.687. The van der Waals surface area contributed by atoms with E-state index in [4.69, 9.17) is 11.6 Å². The summed E-state index contributed by atoms with van der Waals surface area (Å²) < 4.78 is 0. The van der Waals surface area contributed by atoms with Crippen molar-refractivity contribution >= 4 is 29.3 Å². The number of hydrogen-bond donors (Lipinski definition) is 2. The minimum absolute atomic E-state index is 0.0364. The van der Waals surface area contributed by atoms with Gasteiger partial charge in [0.2, 0.25) is 11.8 Å². The molecule has 3 amide bonds. The third kappa shape index (κ3) is 4.13. The molecule has 0 aliphatic carbocycles. The van der Waals surface area contributed by atoms with Gasteiger partial charge in [-0.2, -0.15) is 0 Å². The Bertz CT molecular complexity index is 471. The van der Waals surface area contributed by atoms with Crippen LogP contribution >= 0.6 is 11.6 Å². The first kappa shape index (κ1) is 18.0. The van der Waals surface area contributed by atoms with Gasteiger partial charge < -0.3 is 9.80 Å². The molecule has 2 heterocycles. The molecule has 0 aromatic heterocycles. The van der Waals surface area contributed by atoms with Crippen molar-refractivity contribution in [3.05, 3.63) is 0 Å². The zero-order valence-electron chi connectivity index (χ0n) is 13.5. The number of hydrogen-bond acceptors (Lipinski definition) is 5. The van der Waals surface area contributed by atoms with Crippen molar-refractivity contribution in [1.29, 1.82) is 0 Å². The highest BCUT2D eigenvalue weighted by molar-refractivity contribution is 6.31. The third-order valence-corrected chi connectivity index (χ3v) is 4.86. The van der Waals surface area contributed by atoms with Crippen molar-refractivity contribution < 1.29 is 14.4 Å². The molecule has 2 unspecified atom stereocenters. The molecule has 0 aromatic rings. The maximum absolute atomic E-state index is 12.3. The van der Waals surface area contributed by atoms with Gasteiger partial charge in [0.05, 0.1) is 13.1 Å². The van der Waals surface area contributed by atoms with E-state index in [2.05, 4.69) is 10.9 Å². The van der Waals surface area contributed by atoms with Crippen LogP contribution in [0.3, 0.4) is 0 Å². The molecule has 8 nitrogen and oxygen atoms in total. The monoisotopic (exact) mass is 345 g/mol. The zero-order valence-corrected chi connectivity index (χ0v) is 14.3. The molecule has 0 saturated carbocycles. The maximum atomic E-state index is 12.3. The molecule has 2 fully saturated rings. The number of piperazine rings is 1. The number of alkyl halides is 1. The smallest absolute Gasteiger partial charge is 0.253 e. The third-order valence-electron chi connectivity index (χ3n) is 4.37. The average Bonchev–Trinajstić information content (AvgIpc) is 2.53. The van der Waals surface area contributed by atoms with Crippen molar-refractivity contribution in [2.75, 3.05) is 45.8 Å². The summed E-state index contributed by atoms with van der Waals surface area (Å²) in [4.78, 5) is 41.3. The zero-order chi connectivity index (χ0) is 17.0. The van der Waals surface area contributed by atoms with Crippen molar-refractivity contribution in [2.24, 2.45) is 0 Å². The first-order chi connectivity index (χ1) is 11.0. The molecule has 2 aliphatic heterocycles. The lowest BCUT2D eigenvalue weighted by Gasteiger charge is -2.41. The highest BCUT2D eigenvalue weighted by atomic mass is 35.5. The largest absolute Gasteiger partial charge is 0.342 e. The van der Waals surface area contributed by atoms with Crippen molar-refractivity contribution in [2.45, 2.75) is 25.3 Å². The average molecular weight is 346 g/mol. The standard InChI is InChI=1S/C14H24ClN5O3/c1-3-18(4-2)11(21)9-20-6-5-19(8-12(20)22)10-7-16-17-14(23)13(10)15/h10,13,16H,3-9H2,1-2H3,(H,17,23). The summed E-state index contributed by atoms with van der Waals surface area (Å²) in [7, 11) is 0. The molecule has 0 spiro atoms. The number of amides is 3. The Labute approximate surface area is 141 Å². The highest BCUT2D eigenvalue weighted by Gasteiger charge is 2.38. The second-order valence-electron chi connectivity index (χ2n) is 5.69. The first-order valence-corrected chi connectivity index (χ1v) is 8.37. The van der Waals surface area contributed by atoms with Gasteiger partial charge >= 0.3 is 0 Å². The molecular formula is C14H24ClN5O3. The summed E-state index contributed by atoms with van der Waals surface area (Å²) >= 11 is 6.13. The lowest BCUT2D eigenvalue weighted by Crippen LogP contribution is -2.65. The SMILES string of the molecule is CCN(CC)C(=O)CN1CCN(C2CNNC(=O)C2Cl)CC1=O. The summed E-state index contributed by atoms with van der Waals surface area (Å²) in [6.45, 7) is 6.96. The van der Waals surface area contributed by atoms with Gasteiger partial charge in [-0.25, -0.2) is 5.43 Å². The van der Waals surface area contributed by atoms with Gasteiger partial charge in [0.15, 0.2) is 0 Å². The summed E-state index contributed by atoms with van der Waals surface area (Å²) in [6, 6.07) is -0.227. The van der Waals surface area contributed by atoms with Crippen LogP contribution in [0.15, 0.2) is 0 Å². The number of carbonyl (C=O) groups excluding carboxylic acids is 3. The fourth-order valence-corrected chi connectivity index (χ4v) is 3.22. The Morgan fingerprint density at radius 2 is 2.00 bits per heavy atom. The van der Waals surface area contributed by atoms with E-state index >= 15 is 0 Å². The molecule has 2 aliphatic rings. The van der Waals surface area contributed by atoms with Crippen LogP contribution in [0.5, 0.6) is 0 Å². The van der Waals surface area contributed by atoms with E-state index in [9.17, 15) is 14.4 Å². The van der Waals surface area contributed by atoms with Gasteiger partial charge in [-0.3, -0.25) is 24.7 Å². The first-order valence-electron chi connectivity index (χ1n) is 7.94. The van der Waals surface area contributed by atoms with Crippen LogP contribution in [0, 0.1) is 0 Å². The number of halogens is 1. The lowest BCUT2D eigenvalue weighted by atomic mass is 10.1. The number of hydrazine groups is 1. The fraction of sp³-hybridized carbons (Fsp3) is 0.786.